The Balaban J connectivity index is 1.85. The third kappa shape index (κ3) is 3.61. The standard InChI is InChI=1S/C18H15Cl2N3O/c1-12-10-16(23(22-12)11-13-6-3-2-4-7-13)21-18(24)14-8-5-9-15(19)17(14)20/h2-10H,11H2,1H3,(H,21,24). The molecule has 0 bridgehead atoms. The number of hydrogen-bond acceptors (Lipinski definition) is 2. The zero-order valence-electron chi connectivity index (χ0n) is 13.0. The first-order chi connectivity index (χ1) is 11.5. The number of amides is 1. The summed E-state index contributed by atoms with van der Waals surface area (Å²) in [6.07, 6.45) is 0. The normalized spacial score (nSPS) is 10.6. The number of aryl methyl sites for hydroxylation is 1. The van der Waals surface area contributed by atoms with Crippen LogP contribution in [-0.4, -0.2) is 15.7 Å². The molecule has 6 heteroatoms. The van der Waals surface area contributed by atoms with Gasteiger partial charge in [-0.2, -0.15) is 5.10 Å². The maximum atomic E-state index is 12.5. The van der Waals surface area contributed by atoms with Crippen molar-refractivity contribution in [3.05, 3.63) is 81.5 Å². The fourth-order valence-electron chi connectivity index (χ4n) is 2.39. The van der Waals surface area contributed by atoms with E-state index in [2.05, 4.69) is 10.4 Å². The van der Waals surface area contributed by atoms with Crippen LogP contribution in [-0.2, 0) is 6.54 Å². The van der Waals surface area contributed by atoms with E-state index in [0.717, 1.165) is 11.3 Å². The van der Waals surface area contributed by atoms with Gasteiger partial charge in [-0.1, -0.05) is 59.6 Å². The summed E-state index contributed by atoms with van der Waals surface area (Å²) in [5, 5.41) is 7.87. The van der Waals surface area contributed by atoms with Gasteiger partial charge in [0.15, 0.2) is 0 Å². The highest BCUT2D eigenvalue weighted by Gasteiger charge is 2.15. The number of benzene rings is 2. The lowest BCUT2D eigenvalue weighted by Gasteiger charge is -2.10. The van der Waals surface area contributed by atoms with Crippen molar-refractivity contribution in [3.8, 4) is 0 Å². The molecule has 0 saturated heterocycles. The molecule has 0 aliphatic heterocycles. The van der Waals surface area contributed by atoms with E-state index in [1.54, 1.807) is 22.9 Å². The van der Waals surface area contributed by atoms with Crippen LogP contribution in [0.3, 0.4) is 0 Å². The van der Waals surface area contributed by atoms with Crippen molar-refractivity contribution in [2.45, 2.75) is 13.5 Å². The Morgan fingerprint density at radius 3 is 2.62 bits per heavy atom. The van der Waals surface area contributed by atoms with Crippen molar-refractivity contribution < 1.29 is 4.79 Å². The molecule has 1 amide bonds. The van der Waals surface area contributed by atoms with Gasteiger partial charge in [0, 0.05) is 6.07 Å². The Bertz CT molecular complexity index is 875. The zero-order chi connectivity index (χ0) is 17.1. The minimum Gasteiger partial charge on any atom is -0.307 e. The van der Waals surface area contributed by atoms with E-state index < -0.39 is 0 Å². The van der Waals surface area contributed by atoms with Crippen LogP contribution in [0.4, 0.5) is 5.82 Å². The molecule has 0 saturated carbocycles. The molecule has 1 aromatic heterocycles. The van der Waals surface area contributed by atoms with Crippen LogP contribution in [0.5, 0.6) is 0 Å². The molecule has 2 aromatic carbocycles. The Hall–Kier alpha value is -2.30. The van der Waals surface area contributed by atoms with Gasteiger partial charge in [0.25, 0.3) is 5.91 Å². The summed E-state index contributed by atoms with van der Waals surface area (Å²) in [7, 11) is 0. The van der Waals surface area contributed by atoms with Crippen molar-refractivity contribution in [1.82, 2.24) is 9.78 Å². The van der Waals surface area contributed by atoms with E-state index in [-0.39, 0.29) is 10.9 Å². The predicted molar refractivity (Wildman–Crippen MR) is 96.9 cm³/mol. The molecule has 0 aliphatic carbocycles. The molecule has 0 atom stereocenters. The molecule has 1 N–H and O–H groups in total. The minimum absolute atomic E-state index is 0.238. The Labute approximate surface area is 150 Å². The first kappa shape index (κ1) is 16.6. The van der Waals surface area contributed by atoms with Gasteiger partial charge >= 0.3 is 0 Å². The van der Waals surface area contributed by atoms with Crippen LogP contribution in [0.25, 0.3) is 0 Å². The van der Waals surface area contributed by atoms with Gasteiger partial charge in [-0.25, -0.2) is 4.68 Å². The number of carbonyl (C=O) groups excluding carboxylic acids is 1. The van der Waals surface area contributed by atoms with Crippen LogP contribution in [0.2, 0.25) is 10.0 Å². The second-order valence-corrected chi connectivity index (χ2v) is 6.15. The molecule has 122 valence electrons. The summed E-state index contributed by atoms with van der Waals surface area (Å²) in [5.74, 6) is 0.286. The smallest absolute Gasteiger partial charge is 0.258 e. The summed E-state index contributed by atoms with van der Waals surface area (Å²) in [6, 6.07) is 16.7. The molecule has 3 aromatic rings. The summed E-state index contributed by atoms with van der Waals surface area (Å²) in [5.41, 5.74) is 2.24. The first-order valence-corrected chi connectivity index (χ1v) is 8.14. The molecular weight excluding hydrogens is 345 g/mol. The lowest BCUT2D eigenvalue weighted by molar-refractivity contribution is 0.102. The van der Waals surface area contributed by atoms with E-state index in [1.807, 2.05) is 43.3 Å². The average molecular weight is 360 g/mol. The second kappa shape index (κ2) is 7.07. The maximum Gasteiger partial charge on any atom is 0.258 e. The first-order valence-electron chi connectivity index (χ1n) is 7.38. The lowest BCUT2D eigenvalue weighted by Crippen LogP contribution is -2.16. The highest BCUT2D eigenvalue weighted by Crippen LogP contribution is 2.26. The Kier molecular flexibility index (Phi) is 4.88. The Morgan fingerprint density at radius 2 is 1.88 bits per heavy atom. The third-order valence-electron chi connectivity index (χ3n) is 3.52. The lowest BCUT2D eigenvalue weighted by atomic mass is 10.2. The van der Waals surface area contributed by atoms with E-state index in [4.69, 9.17) is 23.2 Å². The van der Waals surface area contributed by atoms with E-state index in [9.17, 15) is 4.79 Å². The highest BCUT2D eigenvalue weighted by atomic mass is 35.5. The topological polar surface area (TPSA) is 46.9 Å². The van der Waals surface area contributed by atoms with Crippen LogP contribution in [0.1, 0.15) is 21.6 Å². The molecule has 1 heterocycles. The van der Waals surface area contributed by atoms with Gasteiger partial charge in [-0.05, 0) is 24.6 Å². The molecular formula is C18H15Cl2N3O. The van der Waals surface area contributed by atoms with Crippen molar-refractivity contribution in [2.24, 2.45) is 0 Å². The van der Waals surface area contributed by atoms with E-state index >= 15 is 0 Å². The van der Waals surface area contributed by atoms with E-state index in [0.29, 0.717) is 22.9 Å². The molecule has 0 radical (unpaired) electrons. The molecule has 0 fully saturated rings. The number of anilines is 1. The predicted octanol–water partition coefficient (Wildman–Crippen LogP) is 4.80. The molecule has 24 heavy (non-hydrogen) atoms. The summed E-state index contributed by atoms with van der Waals surface area (Å²) in [4.78, 5) is 12.5. The maximum absolute atomic E-state index is 12.5. The largest absolute Gasteiger partial charge is 0.307 e. The van der Waals surface area contributed by atoms with Gasteiger partial charge < -0.3 is 5.32 Å². The monoisotopic (exact) mass is 359 g/mol. The molecule has 4 nitrogen and oxygen atoms in total. The third-order valence-corrected chi connectivity index (χ3v) is 4.33. The molecule has 3 rings (SSSR count). The van der Waals surface area contributed by atoms with Gasteiger partial charge in [0.2, 0.25) is 0 Å². The van der Waals surface area contributed by atoms with E-state index in [1.165, 1.54) is 0 Å². The van der Waals surface area contributed by atoms with Crippen LogP contribution >= 0.6 is 23.2 Å². The molecule has 0 aliphatic rings. The van der Waals surface area contributed by atoms with Gasteiger partial charge in [0.05, 0.1) is 27.8 Å². The van der Waals surface area contributed by atoms with Crippen LogP contribution < -0.4 is 5.32 Å². The fraction of sp³-hybridized carbons (Fsp3) is 0.111. The number of carbonyl (C=O) groups is 1. The number of aromatic nitrogens is 2. The number of rotatable bonds is 4. The van der Waals surface area contributed by atoms with Crippen molar-refractivity contribution >= 4 is 34.9 Å². The van der Waals surface area contributed by atoms with Gasteiger partial charge in [-0.15, -0.1) is 0 Å². The van der Waals surface area contributed by atoms with Gasteiger partial charge in [-0.3, -0.25) is 4.79 Å². The summed E-state index contributed by atoms with van der Waals surface area (Å²) < 4.78 is 1.75. The Morgan fingerprint density at radius 1 is 1.12 bits per heavy atom. The van der Waals surface area contributed by atoms with Crippen LogP contribution in [0, 0.1) is 6.92 Å². The number of hydrogen-bond donors (Lipinski definition) is 1. The highest BCUT2D eigenvalue weighted by molar-refractivity contribution is 6.44. The minimum atomic E-state index is -0.322. The van der Waals surface area contributed by atoms with Crippen molar-refractivity contribution in [2.75, 3.05) is 5.32 Å². The van der Waals surface area contributed by atoms with Crippen LogP contribution in [0.15, 0.2) is 54.6 Å². The second-order valence-electron chi connectivity index (χ2n) is 5.37. The summed E-state index contributed by atoms with van der Waals surface area (Å²) >= 11 is 12.1. The number of halogens is 2. The molecule has 0 spiro atoms. The quantitative estimate of drug-likeness (QED) is 0.727. The van der Waals surface area contributed by atoms with Gasteiger partial charge in [0.1, 0.15) is 5.82 Å². The average Bonchev–Trinajstić information content (AvgIpc) is 2.90. The fourth-order valence-corrected chi connectivity index (χ4v) is 2.77. The number of nitrogens with one attached hydrogen (secondary N) is 1. The number of nitrogens with zero attached hydrogens (tertiary/aromatic N) is 2. The van der Waals surface area contributed by atoms with Crippen molar-refractivity contribution in [1.29, 1.82) is 0 Å². The van der Waals surface area contributed by atoms with Crippen molar-refractivity contribution in [3.63, 3.8) is 0 Å². The zero-order valence-corrected chi connectivity index (χ0v) is 14.5. The SMILES string of the molecule is Cc1cc(NC(=O)c2cccc(Cl)c2Cl)n(Cc2ccccc2)n1. The summed E-state index contributed by atoms with van der Waals surface area (Å²) in [6.45, 7) is 2.44. The molecule has 0 unspecified atom stereocenters.